The molecule has 0 aliphatic heterocycles. The summed E-state index contributed by atoms with van der Waals surface area (Å²) in [5, 5.41) is 0. The molecule has 0 heterocycles. The van der Waals surface area contributed by atoms with Gasteiger partial charge in [-0.15, -0.1) is 0 Å². The van der Waals surface area contributed by atoms with Crippen LogP contribution in [0.1, 0.15) is 279 Å². The van der Waals surface area contributed by atoms with Gasteiger partial charge in [-0.2, -0.15) is 0 Å². The van der Waals surface area contributed by atoms with Gasteiger partial charge in [-0.05, 0) is 64.6 Å². The molecule has 0 aromatic rings. The summed E-state index contributed by atoms with van der Waals surface area (Å²) in [7, 11) is -0.318. The van der Waals surface area contributed by atoms with E-state index in [1.165, 1.54) is 251 Å². The Morgan fingerprint density at radius 2 is 0.561 bits per heavy atom. The Morgan fingerprint density at radius 1 is 0.368 bits per heavy atom. The highest BCUT2D eigenvalue weighted by Gasteiger charge is 2.13. The monoisotopic (exact) mass is 834 g/mol. The Kier molecular flexibility index (Phi) is 56.1. The Balaban J connectivity index is -0.00000119. The van der Waals surface area contributed by atoms with Crippen molar-refractivity contribution in [2.24, 2.45) is 11.8 Å². The molecule has 0 aliphatic carbocycles. The van der Waals surface area contributed by atoms with Crippen LogP contribution in [0.5, 0.6) is 0 Å². The van der Waals surface area contributed by atoms with Crippen molar-refractivity contribution < 1.29 is 24.0 Å². The summed E-state index contributed by atoms with van der Waals surface area (Å²) in [6, 6.07) is 0. The van der Waals surface area contributed by atoms with E-state index in [4.69, 9.17) is 24.0 Å². The lowest BCUT2D eigenvalue weighted by atomic mass is 9.94. The molecule has 0 spiro atoms. The molecule has 348 valence electrons. The number of rotatable bonds is 43. The van der Waals surface area contributed by atoms with Crippen molar-refractivity contribution in [2.45, 2.75) is 279 Å². The van der Waals surface area contributed by atoms with Crippen LogP contribution in [-0.2, 0) is 9.30 Å². The zero-order valence-electron chi connectivity index (χ0n) is 40.2. The van der Waals surface area contributed by atoms with E-state index in [9.17, 15) is 0 Å². The third-order valence-electron chi connectivity index (χ3n) is 11.5. The molecule has 3 N–H and O–H groups in total. The molecule has 0 aliphatic rings. The van der Waals surface area contributed by atoms with Crippen molar-refractivity contribution in [1.82, 2.24) is 4.90 Å². The van der Waals surface area contributed by atoms with Crippen molar-refractivity contribution in [2.75, 3.05) is 33.9 Å². The van der Waals surface area contributed by atoms with E-state index in [1.807, 2.05) is 0 Å². The van der Waals surface area contributed by atoms with E-state index in [-0.39, 0.29) is 0 Å². The number of ether oxygens (including phenoxy) is 1. The Labute approximate surface area is 359 Å². The van der Waals surface area contributed by atoms with Crippen molar-refractivity contribution >= 4 is 7.82 Å². The van der Waals surface area contributed by atoms with Gasteiger partial charge in [0.15, 0.2) is 0 Å². The molecule has 57 heavy (non-hydrogen) atoms. The van der Waals surface area contributed by atoms with Crippen LogP contribution in [-0.4, -0.2) is 53.4 Å². The Bertz CT molecular complexity index is 704. The first-order chi connectivity index (χ1) is 27.5. The van der Waals surface area contributed by atoms with Crippen LogP contribution in [0.3, 0.4) is 0 Å². The van der Waals surface area contributed by atoms with Gasteiger partial charge in [0.05, 0.1) is 0 Å². The molecular formula is C50H108NO5P. The average Bonchev–Trinajstić information content (AvgIpc) is 3.16. The second-order valence-electron chi connectivity index (χ2n) is 18.0. The summed E-state index contributed by atoms with van der Waals surface area (Å²) in [6.07, 6.45) is 54.0. The number of nitrogens with zero attached hydrogens (tertiary/aromatic N) is 1. The Morgan fingerprint density at radius 3 is 0.789 bits per heavy atom. The van der Waals surface area contributed by atoms with Crippen molar-refractivity contribution in [1.29, 1.82) is 0 Å². The van der Waals surface area contributed by atoms with E-state index in [2.05, 4.69) is 53.6 Å². The third kappa shape index (κ3) is 65.3. The van der Waals surface area contributed by atoms with E-state index in [1.54, 1.807) is 0 Å². The topological polar surface area (TPSA) is 90.2 Å². The van der Waals surface area contributed by atoms with Gasteiger partial charge in [0.2, 0.25) is 0 Å². The number of phosphoric acid groups is 1. The van der Waals surface area contributed by atoms with Crippen LogP contribution in [0.15, 0.2) is 0 Å². The standard InChI is InChI=1S/C36H74O.C14H31N.H3O4P/c1-5-9-13-17-19-21-23-27-31-35(29-25-15-11-7-3)33-37-34-36(30-26-16-12-8-4)32-28-24-22-20-18-14-10-6-2;1-4-5-6-7-8-9-10-11-12-13-14-15(2)3;1-5(2,3)4/h35-36H,5-34H2,1-4H3;4-14H2,1-3H3;(H3,1,2,3,4). The van der Waals surface area contributed by atoms with Gasteiger partial charge in [0.25, 0.3) is 0 Å². The fraction of sp³-hybridized carbons (Fsp3) is 1.00. The van der Waals surface area contributed by atoms with Crippen molar-refractivity contribution in [3.63, 3.8) is 0 Å². The molecule has 0 saturated heterocycles. The van der Waals surface area contributed by atoms with Crippen LogP contribution in [0.2, 0.25) is 0 Å². The number of unbranched alkanes of at least 4 members (excludes halogenated alkanes) is 29. The molecular weight excluding hydrogens is 726 g/mol. The highest BCUT2D eigenvalue weighted by atomic mass is 31.2. The second kappa shape index (κ2) is 52.2. The van der Waals surface area contributed by atoms with Gasteiger partial charge >= 0.3 is 7.82 Å². The molecule has 7 heteroatoms. The maximum absolute atomic E-state index is 8.88. The molecule has 0 aromatic heterocycles. The predicted molar refractivity (Wildman–Crippen MR) is 254 cm³/mol. The summed E-state index contributed by atoms with van der Waals surface area (Å²) >= 11 is 0. The zero-order valence-corrected chi connectivity index (χ0v) is 41.1. The molecule has 2 unspecified atom stereocenters. The number of hydrogen-bond donors (Lipinski definition) is 3. The van der Waals surface area contributed by atoms with Gasteiger partial charge in [-0.25, -0.2) is 4.57 Å². The van der Waals surface area contributed by atoms with Crippen LogP contribution < -0.4 is 0 Å². The lowest BCUT2D eigenvalue weighted by Gasteiger charge is -2.21. The molecule has 6 nitrogen and oxygen atoms in total. The SMILES string of the molecule is CCCCCCCCCCC(CCCCCC)COCC(CCCCCC)CCCCCCCCCC.CCCCCCCCCCCCN(C)C.O=P(O)(O)O. The first-order valence-electron chi connectivity index (χ1n) is 25.6. The molecule has 0 aromatic carbocycles. The van der Waals surface area contributed by atoms with Crippen LogP contribution >= 0.6 is 7.82 Å². The van der Waals surface area contributed by atoms with Gasteiger partial charge in [0.1, 0.15) is 0 Å². The molecule has 0 radical (unpaired) electrons. The summed E-state index contributed by atoms with van der Waals surface area (Å²) in [5.74, 6) is 1.61. The minimum atomic E-state index is -4.64. The van der Waals surface area contributed by atoms with E-state index in [0.29, 0.717) is 0 Å². The quantitative estimate of drug-likeness (QED) is 0.0419. The summed E-state index contributed by atoms with van der Waals surface area (Å²) < 4.78 is 15.4. The first kappa shape index (κ1) is 61.3. The van der Waals surface area contributed by atoms with Gasteiger partial charge in [-0.3, -0.25) is 0 Å². The number of hydrogen-bond acceptors (Lipinski definition) is 3. The molecule has 0 rings (SSSR count). The molecule has 0 bridgehead atoms. The zero-order chi connectivity index (χ0) is 42.9. The molecule has 0 amide bonds. The molecule has 0 saturated carbocycles. The smallest absolute Gasteiger partial charge is 0.381 e. The first-order valence-corrected chi connectivity index (χ1v) is 27.1. The molecule has 0 fully saturated rings. The van der Waals surface area contributed by atoms with Crippen LogP contribution in [0, 0.1) is 11.8 Å². The van der Waals surface area contributed by atoms with Crippen molar-refractivity contribution in [3.05, 3.63) is 0 Å². The maximum atomic E-state index is 8.88. The normalized spacial score (nSPS) is 12.6. The average molecular weight is 834 g/mol. The van der Waals surface area contributed by atoms with Crippen molar-refractivity contribution in [3.8, 4) is 0 Å². The lowest BCUT2D eigenvalue weighted by molar-refractivity contribution is 0.0587. The van der Waals surface area contributed by atoms with Gasteiger partial charge in [-0.1, -0.05) is 247 Å². The fourth-order valence-electron chi connectivity index (χ4n) is 7.79. The van der Waals surface area contributed by atoms with E-state index < -0.39 is 7.82 Å². The van der Waals surface area contributed by atoms with Gasteiger partial charge < -0.3 is 24.3 Å². The third-order valence-corrected chi connectivity index (χ3v) is 11.5. The van der Waals surface area contributed by atoms with Crippen LogP contribution in [0.25, 0.3) is 0 Å². The fourth-order valence-corrected chi connectivity index (χ4v) is 7.79. The highest BCUT2D eigenvalue weighted by Crippen LogP contribution is 2.26. The van der Waals surface area contributed by atoms with E-state index in [0.717, 1.165) is 25.0 Å². The summed E-state index contributed by atoms with van der Waals surface area (Å²) in [5.41, 5.74) is 0. The predicted octanol–water partition coefficient (Wildman–Crippen LogP) is 16.8. The minimum absolute atomic E-state index is 0.806. The minimum Gasteiger partial charge on any atom is -0.381 e. The Hall–Kier alpha value is 0.0300. The lowest BCUT2D eigenvalue weighted by Crippen LogP contribution is -2.16. The maximum Gasteiger partial charge on any atom is 0.466 e. The van der Waals surface area contributed by atoms with E-state index >= 15 is 0 Å². The largest absolute Gasteiger partial charge is 0.466 e. The second-order valence-corrected chi connectivity index (χ2v) is 19.0. The summed E-state index contributed by atoms with van der Waals surface area (Å²) in [4.78, 5) is 23.8. The van der Waals surface area contributed by atoms with Gasteiger partial charge in [0, 0.05) is 13.2 Å². The molecule has 2 atom stereocenters. The highest BCUT2D eigenvalue weighted by molar-refractivity contribution is 7.45. The van der Waals surface area contributed by atoms with Crippen LogP contribution in [0.4, 0.5) is 0 Å². The summed E-state index contributed by atoms with van der Waals surface area (Å²) in [6.45, 7) is 14.9.